The molecule has 0 saturated heterocycles. The highest BCUT2D eigenvalue weighted by Gasteiger charge is 2.27. The third-order valence-corrected chi connectivity index (χ3v) is 7.99. The second-order valence-electron chi connectivity index (χ2n) is 9.41. The lowest BCUT2D eigenvalue weighted by Crippen LogP contribution is -2.40. The van der Waals surface area contributed by atoms with E-state index in [0.29, 0.717) is 24.0 Å². The van der Waals surface area contributed by atoms with E-state index < -0.39 is 15.9 Å². The molecular formula is C31H31FN2O4S. The number of amides is 1. The highest BCUT2D eigenvalue weighted by atomic mass is 32.2. The zero-order valence-electron chi connectivity index (χ0n) is 21.9. The van der Waals surface area contributed by atoms with Crippen LogP contribution in [-0.4, -0.2) is 20.9 Å². The lowest BCUT2D eigenvalue weighted by atomic mass is 10.0. The number of benzene rings is 4. The topological polar surface area (TPSA) is 75.7 Å². The van der Waals surface area contributed by atoms with Crippen molar-refractivity contribution in [2.24, 2.45) is 0 Å². The highest BCUT2D eigenvalue weighted by Crippen LogP contribution is 2.26. The minimum atomic E-state index is -3.97. The van der Waals surface area contributed by atoms with Gasteiger partial charge >= 0.3 is 0 Å². The van der Waals surface area contributed by atoms with Crippen molar-refractivity contribution in [1.29, 1.82) is 0 Å². The number of anilines is 1. The fourth-order valence-corrected chi connectivity index (χ4v) is 5.34. The van der Waals surface area contributed by atoms with Crippen LogP contribution in [0, 0.1) is 5.82 Å². The van der Waals surface area contributed by atoms with Gasteiger partial charge in [-0.2, -0.15) is 0 Å². The molecule has 0 spiro atoms. The minimum Gasteiger partial charge on any atom is -0.489 e. The van der Waals surface area contributed by atoms with Crippen molar-refractivity contribution in [2.75, 3.05) is 10.8 Å². The molecule has 39 heavy (non-hydrogen) atoms. The summed E-state index contributed by atoms with van der Waals surface area (Å²) in [4.78, 5) is 13.0. The number of nitrogens with one attached hydrogen (secondary N) is 1. The molecule has 4 aromatic rings. The number of nitrogens with zero attached hydrogens (tertiary/aromatic N) is 1. The molecule has 0 aliphatic carbocycles. The Morgan fingerprint density at radius 1 is 0.846 bits per heavy atom. The van der Waals surface area contributed by atoms with Crippen LogP contribution in [0.15, 0.2) is 108 Å². The van der Waals surface area contributed by atoms with Gasteiger partial charge in [-0.05, 0) is 71.1 Å². The van der Waals surface area contributed by atoms with Crippen LogP contribution in [0.2, 0.25) is 0 Å². The smallest absolute Gasteiger partial charge is 0.264 e. The van der Waals surface area contributed by atoms with Gasteiger partial charge in [-0.3, -0.25) is 9.10 Å². The Kier molecular flexibility index (Phi) is 8.99. The molecule has 1 amide bonds. The third kappa shape index (κ3) is 7.45. The molecule has 6 nitrogen and oxygen atoms in total. The lowest BCUT2D eigenvalue weighted by Gasteiger charge is -2.24. The molecule has 0 atom stereocenters. The van der Waals surface area contributed by atoms with E-state index in [2.05, 4.69) is 19.2 Å². The van der Waals surface area contributed by atoms with Crippen LogP contribution in [0.1, 0.15) is 36.5 Å². The lowest BCUT2D eigenvalue weighted by molar-refractivity contribution is -0.119. The quantitative estimate of drug-likeness (QED) is 0.249. The number of halogens is 1. The average Bonchev–Trinajstić information content (AvgIpc) is 2.95. The Bertz CT molecular complexity index is 1470. The zero-order valence-corrected chi connectivity index (χ0v) is 22.7. The Morgan fingerprint density at radius 3 is 2.08 bits per heavy atom. The van der Waals surface area contributed by atoms with Crippen LogP contribution < -0.4 is 14.4 Å². The van der Waals surface area contributed by atoms with E-state index in [1.54, 1.807) is 54.6 Å². The van der Waals surface area contributed by atoms with E-state index in [-0.39, 0.29) is 23.8 Å². The van der Waals surface area contributed by atoms with Gasteiger partial charge in [0.05, 0.1) is 10.6 Å². The second kappa shape index (κ2) is 12.6. The molecule has 0 aromatic heterocycles. The first kappa shape index (κ1) is 27.9. The molecule has 202 valence electrons. The summed E-state index contributed by atoms with van der Waals surface area (Å²) in [5, 5.41) is 2.81. The van der Waals surface area contributed by atoms with Crippen molar-refractivity contribution in [3.05, 3.63) is 126 Å². The zero-order chi connectivity index (χ0) is 27.8. The fraction of sp³-hybridized carbons (Fsp3) is 0.194. The van der Waals surface area contributed by atoms with Gasteiger partial charge in [0.1, 0.15) is 24.7 Å². The molecule has 0 saturated carbocycles. The van der Waals surface area contributed by atoms with E-state index in [1.165, 1.54) is 24.3 Å². The maximum absolute atomic E-state index is 13.5. The number of ether oxygens (including phenoxy) is 1. The number of hydrogen-bond acceptors (Lipinski definition) is 4. The van der Waals surface area contributed by atoms with Crippen molar-refractivity contribution < 1.29 is 22.3 Å². The van der Waals surface area contributed by atoms with Crippen molar-refractivity contribution in [1.82, 2.24) is 5.32 Å². The first-order valence-corrected chi connectivity index (χ1v) is 14.1. The summed E-state index contributed by atoms with van der Waals surface area (Å²) in [6.45, 7) is 4.29. The number of carbonyl (C=O) groups is 1. The Balaban J connectivity index is 1.41. The average molecular weight is 547 g/mol. The van der Waals surface area contributed by atoms with Gasteiger partial charge in [0.25, 0.3) is 10.0 Å². The van der Waals surface area contributed by atoms with Gasteiger partial charge in [-0.25, -0.2) is 12.8 Å². The molecule has 0 heterocycles. The molecule has 0 unspecified atom stereocenters. The fourth-order valence-electron chi connectivity index (χ4n) is 3.90. The number of hydrogen-bond donors (Lipinski definition) is 1. The van der Waals surface area contributed by atoms with Crippen LogP contribution in [0.4, 0.5) is 10.1 Å². The van der Waals surface area contributed by atoms with Crippen molar-refractivity contribution >= 4 is 21.6 Å². The first-order valence-electron chi connectivity index (χ1n) is 12.6. The van der Waals surface area contributed by atoms with Gasteiger partial charge in [0.2, 0.25) is 5.91 Å². The second-order valence-corrected chi connectivity index (χ2v) is 11.3. The van der Waals surface area contributed by atoms with Gasteiger partial charge in [0, 0.05) is 6.54 Å². The van der Waals surface area contributed by atoms with Crippen LogP contribution in [0.5, 0.6) is 5.75 Å². The summed E-state index contributed by atoms with van der Waals surface area (Å²) in [6, 6.07) is 28.6. The molecule has 0 radical (unpaired) electrons. The molecule has 8 heteroatoms. The molecule has 4 rings (SSSR count). The number of carbonyl (C=O) groups excluding carboxylic acids is 1. The predicted octanol–water partition coefficient (Wildman–Crippen LogP) is 6.04. The molecule has 0 aliphatic heterocycles. The number of rotatable bonds is 11. The van der Waals surface area contributed by atoms with Crippen LogP contribution >= 0.6 is 0 Å². The largest absolute Gasteiger partial charge is 0.489 e. The van der Waals surface area contributed by atoms with Gasteiger partial charge in [0.15, 0.2) is 0 Å². The molecular weight excluding hydrogens is 515 g/mol. The van der Waals surface area contributed by atoms with Crippen molar-refractivity contribution in [3.8, 4) is 5.75 Å². The normalized spacial score (nSPS) is 11.3. The summed E-state index contributed by atoms with van der Waals surface area (Å²) >= 11 is 0. The molecule has 0 bridgehead atoms. The van der Waals surface area contributed by atoms with Gasteiger partial charge in [-0.15, -0.1) is 0 Å². The van der Waals surface area contributed by atoms with Crippen LogP contribution in [0.25, 0.3) is 0 Å². The van der Waals surface area contributed by atoms with E-state index in [0.717, 1.165) is 21.0 Å². The monoisotopic (exact) mass is 546 g/mol. The summed E-state index contributed by atoms with van der Waals surface area (Å²) in [5.74, 6) is 0.203. The standard InChI is InChI=1S/C31H31FN2O4S/c1-23(2)26-12-16-28(17-13-26)34(39(36,37)30-6-4-3-5-7-30)21-31(35)33-20-24-10-18-29(19-11-24)38-22-25-8-14-27(32)15-9-25/h3-19,23H,20-22H2,1-2H3,(H,33,35). The summed E-state index contributed by atoms with van der Waals surface area (Å²) in [7, 11) is -3.97. The van der Waals surface area contributed by atoms with Gasteiger partial charge in [-0.1, -0.05) is 68.4 Å². The summed E-state index contributed by atoms with van der Waals surface area (Å²) < 4.78 is 46.9. The van der Waals surface area contributed by atoms with E-state index >= 15 is 0 Å². The Labute approximate surface area is 229 Å². The van der Waals surface area contributed by atoms with Crippen LogP contribution in [0.3, 0.4) is 0 Å². The number of sulfonamides is 1. The first-order chi connectivity index (χ1) is 18.7. The van der Waals surface area contributed by atoms with E-state index in [4.69, 9.17) is 4.74 Å². The van der Waals surface area contributed by atoms with Crippen molar-refractivity contribution in [2.45, 2.75) is 37.8 Å². The highest BCUT2D eigenvalue weighted by molar-refractivity contribution is 7.92. The molecule has 0 aliphatic rings. The molecule has 0 fully saturated rings. The van der Waals surface area contributed by atoms with Gasteiger partial charge < -0.3 is 10.1 Å². The summed E-state index contributed by atoms with van der Waals surface area (Å²) in [6.07, 6.45) is 0. The maximum Gasteiger partial charge on any atom is 0.264 e. The van der Waals surface area contributed by atoms with E-state index in [9.17, 15) is 17.6 Å². The Hall–Kier alpha value is -4.17. The SMILES string of the molecule is CC(C)c1ccc(N(CC(=O)NCc2ccc(OCc3ccc(F)cc3)cc2)S(=O)(=O)c2ccccc2)cc1. The molecule has 4 aromatic carbocycles. The molecule has 1 N–H and O–H groups in total. The van der Waals surface area contributed by atoms with Crippen LogP contribution in [-0.2, 0) is 28.0 Å². The van der Waals surface area contributed by atoms with E-state index in [1.807, 2.05) is 24.3 Å². The minimum absolute atomic E-state index is 0.113. The predicted molar refractivity (Wildman–Crippen MR) is 151 cm³/mol. The Morgan fingerprint density at radius 2 is 1.46 bits per heavy atom. The summed E-state index contributed by atoms with van der Waals surface area (Å²) in [5.41, 5.74) is 3.17. The third-order valence-electron chi connectivity index (χ3n) is 6.20. The van der Waals surface area contributed by atoms with Crippen molar-refractivity contribution in [3.63, 3.8) is 0 Å². The maximum atomic E-state index is 13.5.